The van der Waals surface area contributed by atoms with Crippen molar-refractivity contribution in [3.8, 4) is 0 Å². The lowest BCUT2D eigenvalue weighted by molar-refractivity contribution is 0.288. The number of methoxy groups -OCH3 is 1. The van der Waals surface area contributed by atoms with Crippen molar-refractivity contribution in [2.45, 2.75) is 0 Å². The van der Waals surface area contributed by atoms with Gasteiger partial charge in [-0.1, -0.05) is 6.58 Å². The van der Waals surface area contributed by atoms with E-state index in [-0.39, 0.29) is 0 Å². The highest BCUT2D eigenvalue weighted by Crippen LogP contribution is 2.05. The molecule has 1 rings (SSSR count). The maximum Gasteiger partial charge on any atom is 0.117 e. The van der Waals surface area contributed by atoms with E-state index in [1.807, 2.05) is 6.08 Å². The van der Waals surface area contributed by atoms with Gasteiger partial charge in [0.1, 0.15) is 5.76 Å². The first-order chi connectivity index (χ1) is 3.83. The Morgan fingerprint density at radius 3 is 2.88 bits per heavy atom. The summed E-state index contributed by atoms with van der Waals surface area (Å²) in [6, 6.07) is 0. The molecule has 0 aliphatic carbocycles. The van der Waals surface area contributed by atoms with Gasteiger partial charge in [-0.05, 0) is 0 Å². The van der Waals surface area contributed by atoms with Gasteiger partial charge < -0.3 is 10.1 Å². The SMILES string of the molecule is C=C1C=C(OC)CN1. The Morgan fingerprint density at radius 2 is 2.62 bits per heavy atom. The van der Waals surface area contributed by atoms with Crippen molar-refractivity contribution in [2.75, 3.05) is 13.7 Å². The molecule has 0 aromatic carbocycles. The van der Waals surface area contributed by atoms with E-state index in [9.17, 15) is 0 Å². The molecule has 0 radical (unpaired) electrons. The molecule has 1 aliphatic rings. The van der Waals surface area contributed by atoms with E-state index >= 15 is 0 Å². The summed E-state index contributed by atoms with van der Waals surface area (Å²) in [5.74, 6) is 0.954. The minimum absolute atomic E-state index is 0.787. The summed E-state index contributed by atoms with van der Waals surface area (Å²) in [5, 5.41) is 3.01. The van der Waals surface area contributed by atoms with E-state index in [1.165, 1.54) is 0 Å². The van der Waals surface area contributed by atoms with Crippen LogP contribution in [-0.2, 0) is 4.74 Å². The summed E-state index contributed by atoms with van der Waals surface area (Å²) in [7, 11) is 1.66. The maximum absolute atomic E-state index is 4.92. The average Bonchev–Trinajstić information content (AvgIpc) is 2.14. The van der Waals surface area contributed by atoms with Gasteiger partial charge in [-0.3, -0.25) is 0 Å². The number of nitrogens with one attached hydrogen (secondary N) is 1. The van der Waals surface area contributed by atoms with Gasteiger partial charge in [0.2, 0.25) is 0 Å². The van der Waals surface area contributed by atoms with Crippen molar-refractivity contribution in [3.05, 3.63) is 24.1 Å². The fourth-order valence-electron chi connectivity index (χ4n) is 0.628. The van der Waals surface area contributed by atoms with Crippen LogP contribution in [0.5, 0.6) is 0 Å². The fraction of sp³-hybridized carbons (Fsp3) is 0.333. The Morgan fingerprint density at radius 1 is 1.88 bits per heavy atom. The standard InChI is InChI=1S/C6H9NO/c1-5-3-6(8-2)4-7-5/h3,7H,1,4H2,2H3. The van der Waals surface area contributed by atoms with Crippen molar-refractivity contribution in [2.24, 2.45) is 0 Å². The van der Waals surface area contributed by atoms with E-state index in [1.54, 1.807) is 7.11 Å². The van der Waals surface area contributed by atoms with E-state index in [0.717, 1.165) is 18.0 Å². The van der Waals surface area contributed by atoms with E-state index in [0.29, 0.717) is 0 Å². The molecular formula is C6H9NO. The molecule has 0 unspecified atom stereocenters. The third-order valence-corrected chi connectivity index (χ3v) is 1.09. The number of hydrogen-bond donors (Lipinski definition) is 1. The molecule has 0 fully saturated rings. The second kappa shape index (κ2) is 1.90. The normalized spacial score (nSPS) is 17.6. The molecule has 0 spiro atoms. The van der Waals surface area contributed by atoms with Crippen molar-refractivity contribution in [1.82, 2.24) is 5.32 Å². The summed E-state index contributed by atoms with van der Waals surface area (Å²) >= 11 is 0. The highest BCUT2D eigenvalue weighted by atomic mass is 16.5. The Hall–Kier alpha value is -0.920. The minimum Gasteiger partial charge on any atom is -0.499 e. The zero-order valence-corrected chi connectivity index (χ0v) is 4.90. The largest absolute Gasteiger partial charge is 0.499 e. The first-order valence-electron chi connectivity index (χ1n) is 2.50. The third kappa shape index (κ3) is 0.832. The highest BCUT2D eigenvalue weighted by molar-refractivity contribution is 5.23. The molecule has 0 saturated heterocycles. The number of ether oxygens (including phenoxy) is 1. The van der Waals surface area contributed by atoms with Crippen LogP contribution in [0.1, 0.15) is 0 Å². The second-order valence-electron chi connectivity index (χ2n) is 1.69. The topological polar surface area (TPSA) is 21.3 Å². The summed E-state index contributed by atoms with van der Waals surface area (Å²) < 4.78 is 4.92. The van der Waals surface area contributed by atoms with Gasteiger partial charge >= 0.3 is 0 Å². The Labute approximate surface area is 48.8 Å². The van der Waals surface area contributed by atoms with Gasteiger partial charge in [-0.25, -0.2) is 0 Å². The van der Waals surface area contributed by atoms with Crippen LogP contribution in [0.2, 0.25) is 0 Å². The van der Waals surface area contributed by atoms with Gasteiger partial charge in [0.15, 0.2) is 0 Å². The Balaban J connectivity index is 2.57. The van der Waals surface area contributed by atoms with Crippen LogP contribution in [-0.4, -0.2) is 13.7 Å². The summed E-state index contributed by atoms with van der Waals surface area (Å²) in [5.41, 5.74) is 0.932. The summed E-state index contributed by atoms with van der Waals surface area (Å²) in [4.78, 5) is 0. The molecule has 0 aromatic rings. The molecule has 0 atom stereocenters. The molecule has 8 heavy (non-hydrogen) atoms. The number of allylic oxidation sites excluding steroid dienone is 1. The van der Waals surface area contributed by atoms with Crippen LogP contribution in [0.25, 0.3) is 0 Å². The van der Waals surface area contributed by atoms with Gasteiger partial charge in [0.05, 0.1) is 13.7 Å². The van der Waals surface area contributed by atoms with Gasteiger partial charge in [-0.2, -0.15) is 0 Å². The zero-order valence-electron chi connectivity index (χ0n) is 4.90. The van der Waals surface area contributed by atoms with E-state index < -0.39 is 0 Å². The van der Waals surface area contributed by atoms with Crippen molar-refractivity contribution in [3.63, 3.8) is 0 Å². The summed E-state index contributed by atoms with van der Waals surface area (Å²) in [6.45, 7) is 4.47. The Bertz CT molecular complexity index is 137. The molecule has 0 bridgehead atoms. The average molecular weight is 111 g/mol. The predicted molar refractivity (Wildman–Crippen MR) is 32.2 cm³/mol. The van der Waals surface area contributed by atoms with E-state index in [4.69, 9.17) is 4.74 Å². The zero-order chi connectivity index (χ0) is 5.98. The monoisotopic (exact) mass is 111 g/mol. The molecule has 0 aromatic heterocycles. The van der Waals surface area contributed by atoms with Crippen LogP contribution in [0.15, 0.2) is 24.1 Å². The van der Waals surface area contributed by atoms with Crippen molar-refractivity contribution >= 4 is 0 Å². The molecule has 0 saturated carbocycles. The molecule has 2 heteroatoms. The lowest BCUT2D eigenvalue weighted by Gasteiger charge is -1.95. The first-order valence-corrected chi connectivity index (χ1v) is 2.50. The predicted octanol–water partition coefficient (Wildman–Crippen LogP) is 0.634. The lowest BCUT2D eigenvalue weighted by atomic mass is 10.5. The molecule has 2 nitrogen and oxygen atoms in total. The van der Waals surface area contributed by atoms with Crippen LogP contribution >= 0.6 is 0 Å². The van der Waals surface area contributed by atoms with Crippen LogP contribution < -0.4 is 5.32 Å². The lowest BCUT2D eigenvalue weighted by Crippen LogP contribution is -2.06. The number of rotatable bonds is 1. The molecule has 1 aliphatic heterocycles. The molecule has 44 valence electrons. The molecule has 1 N–H and O–H groups in total. The van der Waals surface area contributed by atoms with Crippen LogP contribution in [0.4, 0.5) is 0 Å². The first kappa shape index (κ1) is 5.22. The Kier molecular flexibility index (Phi) is 1.24. The smallest absolute Gasteiger partial charge is 0.117 e. The second-order valence-corrected chi connectivity index (χ2v) is 1.69. The molecular weight excluding hydrogens is 102 g/mol. The number of hydrogen-bond acceptors (Lipinski definition) is 2. The summed E-state index contributed by atoms with van der Waals surface area (Å²) in [6.07, 6.45) is 1.89. The maximum atomic E-state index is 4.92. The van der Waals surface area contributed by atoms with E-state index in [2.05, 4.69) is 11.9 Å². The van der Waals surface area contributed by atoms with Crippen LogP contribution in [0, 0.1) is 0 Å². The van der Waals surface area contributed by atoms with Gasteiger partial charge in [-0.15, -0.1) is 0 Å². The van der Waals surface area contributed by atoms with Gasteiger partial charge in [0.25, 0.3) is 0 Å². The molecule has 0 amide bonds. The van der Waals surface area contributed by atoms with Crippen molar-refractivity contribution < 1.29 is 4.74 Å². The quantitative estimate of drug-likeness (QED) is 0.536. The van der Waals surface area contributed by atoms with Crippen LogP contribution in [0.3, 0.4) is 0 Å². The fourth-order valence-corrected chi connectivity index (χ4v) is 0.628. The molecule has 1 heterocycles. The minimum atomic E-state index is 0.787. The highest BCUT2D eigenvalue weighted by Gasteiger charge is 2.03. The van der Waals surface area contributed by atoms with Gasteiger partial charge in [0, 0.05) is 11.8 Å². The van der Waals surface area contributed by atoms with Crippen molar-refractivity contribution in [1.29, 1.82) is 0 Å². The third-order valence-electron chi connectivity index (χ3n) is 1.09.